The number of halogens is 1. The Balaban J connectivity index is 1.42. The minimum absolute atomic E-state index is 0.0182. The molecular formula is C36H40FN5O3. The number of fused-ring (bicyclic) bond motifs is 5. The number of hydrogen-bond acceptors (Lipinski definition) is 4. The summed E-state index contributed by atoms with van der Waals surface area (Å²) < 4.78 is 15.4. The summed E-state index contributed by atoms with van der Waals surface area (Å²) in [5, 5.41) is 5.50. The lowest BCUT2D eigenvalue weighted by atomic mass is 9.84. The van der Waals surface area contributed by atoms with Crippen LogP contribution in [0.5, 0.6) is 0 Å². The summed E-state index contributed by atoms with van der Waals surface area (Å²) in [7, 11) is 0. The minimum atomic E-state index is -1.41. The molecule has 3 aromatic rings. The van der Waals surface area contributed by atoms with Gasteiger partial charge in [-0.05, 0) is 85.8 Å². The Morgan fingerprint density at radius 1 is 0.933 bits per heavy atom. The van der Waals surface area contributed by atoms with E-state index >= 15 is 4.39 Å². The molecule has 4 aliphatic rings. The van der Waals surface area contributed by atoms with E-state index in [0.717, 1.165) is 36.8 Å². The molecule has 2 N–H and O–H groups in total. The summed E-state index contributed by atoms with van der Waals surface area (Å²) in [4.78, 5) is 50.0. The van der Waals surface area contributed by atoms with Crippen molar-refractivity contribution < 1.29 is 18.8 Å². The molecule has 1 aliphatic carbocycles. The Labute approximate surface area is 263 Å². The zero-order valence-electron chi connectivity index (χ0n) is 26.1. The number of hydrogen-bond donors (Lipinski definition) is 2. The smallest absolute Gasteiger partial charge is 0.321 e. The molecule has 9 heteroatoms. The van der Waals surface area contributed by atoms with Crippen LogP contribution >= 0.6 is 0 Å². The van der Waals surface area contributed by atoms with Gasteiger partial charge in [-0.2, -0.15) is 0 Å². The molecular weight excluding hydrogens is 569 g/mol. The van der Waals surface area contributed by atoms with Crippen molar-refractivity contribution in [2.75, 3.05) is 29.9 Å². The first-order chi connectivity index (χ1) is 21.7. The van der Waals surface area contributed by atoms with Crippen LogP contribution in [0, 0.1) is 24.6 Å². The van der Waals surface area contributed by atoms with Crippen LogP contribution in [0.2, 0.25) is 0 Å². The molecule has 8 nitrogen and oxygen atoms in total. The molecule has 234 valence electrons. The van der Waals surface area contributed by atoms with Crippen LogP contribution in [0.1, 0.15) is 67.7 Å². The highest BCUT2D eigenvalue weighted by atomic mass is 19.1. The fourth-order valence-corrected chi connectivity index (χ4v) is 6.90. The van der Waals surface area contributed by atoms with Gasteiger partial charge in [-0.25, -0.2) is 14.2 Å². The standard InChI is InChI=1S/C36H40FN5O3/c1-22(2)27-11-7-12-29-32(28-10-4-5-13-30(28)37)39-34(40-36(45)38-26-9-6-8-23(3)18-26)35(44)42(33(27)29)21-31(43)41-19-24-14-15-25(20-41)17-16-24/h4-13,18,22,24-25,34H,14-17,19-21H2,1-3H3,(H2,38,40,45). The molecule has 0 aromatic heterocycles. The van der Waals surface area contributed by atoms with Crippen molar-refractivity contribution >= 4 is 34.9 Å². The van der Waals surface area contributed by atoms with E-state index in [9.17, 15) is 14.4 Å². The van der Waals surface area contributed by atoms with Gasteiger partial charge >= 0.3 is 6.03 Å². The van der Waals surface area contributed by atoms with Crippen molar-refractivity contribution in [2.45, 2.75) is 58.5 Å². The summed E-state index contributed by atoms with van der Waals surface area (Å²) in [5.41, 5.74) is 3.85. The second-order valence-electron chi connectivity index (χ2n) is 12.8. The number of benzene rings is 3. The maximum atomic E-state index is 15.4. The van der Waals surface area contributed by atoms with E-state index < -0.39 is 23.9 Å². The third-order valence-electron chi connectivity index (χ3n) is 9.21. The number of nitrogens with zero attached hydrogens (tertiary/aromatic N) is 3. The molecule has 0 spiro atoms. The topological polar surface area (TPSA) is 94.1 Å². The number of nitrogens with one attached hydrogen (secondary N) is 2. The van der Waals surface area contributed by atoms with Crippen molar-refractivity contribution in [3.05, 3.63) is 94.8 Å². The molecule has 2 saturated heterocycles. The average Bonchev–Trinajstić information content (AvgIpc) is 3.40. The van der Waals surface area contributed by atoms with E-state index in [1.165, 1.54) is 11.0 Å². The van der Waals surface area contributed by atoms with E-state index in [0.29, 0.717) is 41.9 Å². The van der Waals surface area contributed by atoms with Crippen molar-refractivity contribution in [3.8, 4) is 0 Å². The number of carbonyl (C=O) groups is 3. The van der Waals surface area contributed by atoms with E-state index in [-0.39, 0.29) is 29.6 Å². The zero-order chi connectivity index (χ0) is 31.7. The third-order valence-corrected chi connectivity index (χ3v) is 9.21. The normalized spacial score (nSPS) is 21.1. The molecule has 3 fully saturated rings. The van der Waals surface area contributed by atoms with Crippen molar-refractivity contribution in [3.63, 3.8) is 0 Å². The fourth-order valence-electron chi connectivity index (χ4n) is 6.90. The lowest BCUT2D eigenvalue weighted by molar-refractivity contribution is -0.132. The number of benzodiazepines with no additional fused rings is 1. The van der Waals surface area contributed by atoms with Gasteiger partial charge in [0, 0.05) is 29.9 Å². The number of amides is 4. The lowest BCUT2D eigenvalue weighted by Gasteiger charge is -2.31. The molecule has 1 saturated carbocycles. The number of para-hydroxylation sites is 1. The largest absolute Gasteiger partial charge is 0.341 e. The third kappa shape index (κ3) is 6.48. The maximum Gasteiger partial charge on any atom is 0.321 e. The van der Waals surface area contributed by atoms with Gasteiger partial charge in [0.2, 0.25) is 12.1 Å². The average molecular weight is 610 g/mol. The van der Waals surface area contributed by atoms with E-state index in [1.807, 2.05) is 56.0 Å². The number of anilines is 2. The second kappa shape index (κ2) is 12.8. The first kappa shape index (κ1) is 30.5. The summed E-state index contributed by atoms with van der Waals surface area (Å²) in [6.45, 7) is 7.12. The van der Waals surface area contributed by atoms with Gasteiger partial charge < -0.3 is 15.5 Å². The van der Waals surface area contributed by atoms with E-state index in [2.05, 4.69) is 10.6 Å². The molecule has 0 radical (unpaired) electrons. The molecule has 1 unspecified atom stereocenters. The molecule has 1 atom stereocenters. The molecule has 3 aliphatic heterocycles. The Kier molecular flexibility index (Phi) is 8.70. The highest BCUT2D eigenvalue weighted by Gasteiger charge is 2.38. The number of aryl methyl sites for hydroxylation is 1. The Morgan fingerprint density at radius 2 is 1.60 bits per heavy atom. The lowest BCUT2D eigenvalue weighted by Crippen LogP contribution is -2.52. The van der Waals surface area contributed by atoms with Gasteiger partial charge in [-0.15, -0.1) is 0 Å². The minimum Gasteiger partial charge on any atom is -0.341 e. The van der Waals surface area contributed by atoms with Gasteiger partial charge in [0.1, 0.15) is 12.4 Å². The molecule has 45 heavy (non-hydrogen) atoms. The summed E-state index contributed by atoms with van der Waals surface area (Å²) in [6.07, 6.45) is 3.09. The number of carbonyl (C=O) groups excluding carboxylic acids is 3. The first-order valence-corrected chi connectivity index (χ1v) is 15.9. The SMILES string of the molecule is Cc1cccc(NC(=O)NC2N=C(c3ccccc3F)c3cccc(C(C)C)c3N(CC(=O)N3CC4CCC(CC4)C3)C2=O)c1. The summed E-state index contributed by atoms with van der Waals surface area (Å²) >= 11 is 0. The van der Waals surface area contributed by atoms with Crippen LogP contribution in [-0.4, -0.2) is 54.3 Å². The summed E-state index contributed by atoms with van der Waals surface area (Å²) in [5.74, 6) is -0.263. The monoisotopic (exact) mass is 609 g/mol. The van der Waals surface area contributed by atoms with Crippen LogP contribution in [-0.2, 0) is 9.59 Å². The number of urea groups is 1. The fraction of sp³-hybridized carbons (Fsp3) is 0.389. The number of aliphatic imine (C=N–C) groups is 1. The van der Waals surface area contributed by atoms with E-state index in [1.54, 1.807) is 30.3 Å². The molecule has 7 rings (SSSR count). The van der Waals surface area contributed by atoms with Crippen LogP contribution in [0.25, 0.3) is 0 Å². The molecule has 2 bridgehead atoms. The Bertz CT molecular complexity index is 1630. The second-order valence-corrected chi connectivity index (χ2v) is 12.8. The van der Waals surface area contributed by atoms with Crippen LogP contribution < -0.4 is 15.5 Å². The quantitative estimate of drug-likeness (QED) is 0.347. The highest BCUT2D eigenvalue weighted by molar-refractivity contribution is 6.21. The van der Waals surface area contributed by atoms with Gasteiger partial charge in [-0.3, -0.25) is 14.5 Å². The van der Waals surface area contributed by atoms with Crippen molar-refractivity contribution in [1.29, 1.82) is 0 Å². The highest BCUT2D eigenvalue weighted by Crippen LogP contribution is 2.37. The Hall–Kier alpha value is -4.53. The predicted molar refractivity (Wildman–Crippen MR) is 174 cm³/mol. The van der Waals surface area contributed by atoms with Gasteiger partial charge in [0.15, 0.2) is 0 Å². The molecule has 4 amide bonds. The number of rotatable bonds is 6. The summed E-state index contributed by atoms with van der Waals surface area (Å²) in [6, 6.07) is 18.5. The van der Waals surface area contributed by atoms with Crippen molar-refractivity contribution in [1.82, 2.24) is 10.2 Å². The predicted octanol–water partition coefficient (Wildman–Crippen LogP) is 6.24. The van der Waals surface area contributed by atoms with Crippen LogP contribution in [0.15, 0.2) is 71.7 Å². The zero-order valence-corrected chi connectivity index (χ0v) is 26.1. The first-order valence-electron chi connectivity index (χ1n) is 15.9. The molecule has 3 heterocycles. The van der Waals surface area contributed by atoms with Gasteiger partial charge in [0.25, 0.3) is 5.91 Å². The Morgan fingerprint density at radius 3 is 2.27 bits per heavy atom. The van der Waals surface area contributed by atoms with Crippen molar-refractivity contribution in [2.24, 2.45) is 16.8 Å². The van der Waals surface area contributed by atoms with Crippen LogP contribution in [0.3, 0.4) is 0 Å². The van der Waals surface area contributed by atoms with Crippen LogP contribution in [0.4, 0.5) is 20.6 Å². The van der Waals surface area contributed by atoms with Gasteiger partial charge in [0.05, 0.1) is 11.4 Å². The maximum absolute atomic E-state index is 15.4. The van der Waals surface area contributed by atoms with Gasteiger partial charge in [-0.1, -0.05) is 56.3 Å². The molecule has 3 aromatic carbocycles. The van der Waals surface area contributed by atoms with E-state index in [4.69, 9.17) is 4.99 Å².